The fourth-order valence-electron chi connectivity index (χ4n) is 3.65. The molecule has 0 aliphatic carbocycles. The van der Waals surface area contributed by atoms with Gasteiger partial charge >= 0.3 is 0 Å². The van der Waals surface area contributed by atoms with Crippen molar-refractivity contribution < 1.29 is 4.79 Å². The van der Waals surface area contributed by atoms with E-state index in [2.05, 4.69) is 31.1 Å². The first kappa shape index (κ1) is 22.0. The Balaban J connectivity index is 1.41. The summed E-state index contributed by atoms with van der Waals surface area (Å²) in [5.74, 6) is -0.288. The highest BCUT2D eigenvalue weighted by molar-refractivity contribution is 7.99. The molecule has 3 aromatic carbocycles. The molecule has 36 heavy (non-hydrogen) atoms. The third-order valence-electron chi connectivity index (χ3n) is 5.36. The minimum Gasteiger partial charge on any atom is -0.396 e. The SMILES string of the molecule is Nc1c(C(=O)Nc2ccccc2)sc(Nc2ccccc2)c1Sc1nnc2c3ccccc3nnn12. The topological polar surface area (TPSA) is 123 Å². The molecular formula is C25H18N8OS2. The van der Waals surface area contributed by atoms with Crippen molar-refractivity contribution in [3.05, 3.63) is 89.8 Å². The third-order valence-corrected chi connectivity index (χ3v) is 7.68. The number of carbonyl (C=O) groups is 1. The highest BCUT2D eigenvalue weighted by Crippen LogP contribution is 2.46. The molecule has 1 amide bonds. The first-order valence-electron chi connectivity index (χ1n) is 10.9. The highest BCUT2D eigenvalue weighted by atomic mass is 32.2. The summed E-state index contributed by atoms with van der Waals surface area (Å²) in [7, 11) is 0. The standard InChI is InChI=1S/C25H18N8OS2/c26-19-20(23(34)27-15-9-3-1-4-10-15)35-24(28-16-11-5-2-6-12-16)21(19)36-25-31-30-22-17-13-7-8-14-18(17)29-32-33(22)25/h1-14,28H,26H2,(H,27,34). The van der Waals surface area contributed by atoms with Gasteiger partial charge in [-0.2, -0.15) is 4.52 Å². The van der Waals surface area contributed by atoms with Gasteiger partial charge in [0.2, 0.25) is 5.16 Å². The van der Waals surface area contributed by atoms with E-state index in [1.165, 1.54) is 23.1 Å². The van der Waals surface area contributed by atoms with Crippen molar-refractivity contribution >= 4 is 67.6 Å². The number of benzene rings is 3. The maximum absolute atomic E-state index is 13.1. The van der Waals surface area contributed by atoms with Crippen LogP contribution in [0.4, 0.5) is 22.1 Å². The minimum atomic E-state index is -0.288. The number of amides is 1. The molecule has 4 N–H and O–H groups in total. The molecule has 0 saturated carbocycles. The maximum Gasteiger partial charge on any atom is 0.267 e. The second-order valence-electron chi connectivity index (χ2n) is 7.74. The van der Waals surface area contributed by atoms with Crippen LogP contribution in [0.1, 0.15) is 9.67 Å². The molecule has 0 unspecified atom stereocenters. The number of para-hydroxylation sites is 2. The Morgan fingerprint density at radius 1 is 0.861 bits per heavy atom. The van der Waals surface area contributed by atoms with Crippen molar-refractivity contribution in [3.63, 3.8) is 0 Å². The summed E-state index contributed by atoms with van der Waals surface area (Å²) < 4.78 is 1.58. The summed E-state index contributed by atoms with van der Waals surface area (Å²) in [5.41, 5.74) is 9.79. The lowest BCUT2D eigenvalue weighted by molar-refractivity contribution is 0.103. The molecule has 0 bridgehead atoms. The van der Waals surface area contributed by atoms with E-state index in [9.17, 15) is 4.79 Å². The van der Waals surface area contributed by atoms with Crippen LogP contribution in [0.3, 0.4) is 0 Å². The van der Waals surface area contributed by atoms with E-state index in [-0.39, 0.29) is 5.91 Å². The number of hydrogen-bond acceptors (Lipinski definition) is 9. The molecule has 0 spiro atoms. The molecule has 0 atom stereocenters. The van der Waals surface area contributed by atoms with Gasteiger partial charge in [-0.15, -0.1) is 26.6 Å². The molecule has 6 rings (SSSR count). The summed E-state index contributed by atoms with van der Waals surface area (Å²) >= 11 is 2.55. The predicted molar refractivity (Wildman–Crippen MR) is 143 cm³/mol. The van der Waals surface area contributed by atoms with Crippen LogP contribution in [0.25, 0.3) is 16.6 Å². The lowest BCUT2D eigenvalue weighted by atomic mass is 10.2. The van der Waals surface area contributed by atoms with Gasteiger partial charge in [-0.25, -0.2) is 0 Å². The zero-order valence-corrected chi connectivity index (χ0v) is 20.3. The lowest BCUT2D eigenvalue weighted by Gasteiger charge is -2.07. The second kappa shape index (κ2) is 9.29. The molecule has 11 heteroatoms. The van der Waals surface area contributed by atoms with Gasteiger partial charge < -0.3 is 16.4 Å². The van der Waals surface area contributed by atoms with Crippen LogP contribution in [-0.2, 0) is 0 Å². The first-order valence-corrected chi connectivity index (χ1v) is 12.6. The monoisotopic (exact) mass is 510 g/mol. The Kier molecular flexibility index (Phi) is 5.68. The molecule has 176 valence electrons. The van der Waals surface area contributed by atoms with E-state index in [1.54, 1.807) is 4.52 Å². The number of nitrogens with two attached hydrogens (primary N) is 1. The second-order valence-corrected chi connectivity index (χ2v) is 9.74. The summed E-state index contributed by atoms with van der Waals surface area (Å²) in [6.07, 6.45) is 0. The normalized spacial score (nSPS) is 11.1. The maximum atomic E-state index is 13.1. The summed E-state index contributed by atoms with van der Waals surface area (Å²) in [5, 5.41) is 25.6. The van der Waals surface area contributed by atoms with E-state index in [4.69, 9.17) is 5.73 Å². The van der Waals surface area contributed by atoms with Gasteiger partial charge in [0, 0.05) is 16.8 Å². The van der Waals surface area contributed by atoms with Crippen LogP contribution in [0, 0.1) is 0 Å². The fourth-order valence-corrected chi connectivity index (χ4v) is 5.73. The van der Waals surface area contributed by atoms with Crippen LogP contribution < -0.4 is 16.4 Å². The Labute approximate surface area is 213 Å². The number of anilines is 4. The van der Waals surface area contributed by atoms with Crippen LogP contribution in [0.15, 0.2) is 95.0 Å². The largest absolute Gasteiger partial charge is 0.396 e. The van der Waals surface area contributed by atoms with E-state index >= 15 is 0 Å². The number of thiophene rings is 1. The minimum absolute atomic E-state index is 0.288. The van der Waals surface area contributed by atoms with Gasteiger partial charge in [0.25, 0.3) is 5.91 Å². The zero-order chi connectivity index (χ0) is 24.5. The molecule has 3 heterocycles. The number of nitrogens with one attached hydrogen (secondary N) is 2. The number of fused-ring (bicyclic) bond motifs is 3. The molecule has 0 radical (unpaired) electrons. The Bertz CT molecular complexity index is 1700. The van der Waals surface area contributed by atoms with E-state index < -0.39 is 0 Å². The number of nitrogen functional groups attached to an aromatic ring is 1. The van der Waals surface area contributed by atoms with Crippen molar-refractivity contribution in [2.75, 3.05) is 16.4 Å². The van der Waals surface area contributed by atoms with Gasteiger partial charge in [-0.05, 0) is 48.2 Å². The first-order chi connectivity index (χ1) is 17.7. The lowest BCUT2D eigenvalue weighted by Crippen LogP contribution is -2.11. The number of carbonyl (C=O) groups excluding carboxylic acids is 1. The number of aromatic nitrogens is 5. The molecule has 3 aromatic heterocycles. The van der Waals surface area contributed by atoms with Crippen LogP contribution in [-0.4, -0.2) is 30.9 Å². The quantitative estimate of drug-likeness (QED) is 0.270. The molecule has 9 nitrogen and oxygen atoms in total. The predicted octanol–water partition coefficient (Wildman–Crippen LogP) is 5.46. The van der Waals surface area contributed by atoms with Gasteiger partial charge in [-0.3, -0.25) is 4.79 Å². The Morgan fingerprint density at radius 3 is 2.33 bits per heavy atom. The smallest absolute Gasteiger partial charge is 0.267 e. The molecule has 0 fully saturated rings. The van der Waals surface area contributed by atoms with Gasteiger partial charge in [0.15, 0.2) is 5.65 Å². The molecule has 0 aliphatic rings. The number of nitrogens with zero attached hydrogens (tertiary/aromatic N) is 5. The summed E-state index contributed by atoms with van der Waals surface area (Å²) in [6, 6.07) is 26.6. The third kappa shape index (κ3) is 4.10. The van der Waals surface area contributed by atoms with Crippen molar-refractivity contribution in [2.24, 2.45) is 0 Å². The van der Waals surface area contributed by atoms with Crippen LogP contribution >= 0.6 is 23.1 Å². The highest BCUT2D eigenvalue weighted by Gasteiger charge is 2.24. The van der Waals surface area contributed by atoms with Crippen molar-refractivity contribution in [1.29, 1.82) is 0 Å². The van der Waals surface area contributed by atoms with Crippen LogP contribution in [0.5, 0.6) is 0 Å². The van der Waals surface area contributed by atoms with Gasteiger partial charge in [0.05, 0.1) is 16.1 Å². The Morgan fingerprint density at radius 2 is 1.56 bits per heavy atom. The van der Waals surface area contributed by atoms with Gasteiger partial charge in [-0.1, -0.05) is 53.7 Å². The summed E-state index contributed by atoms with van der Waals surface area (Å²) in [6.45, 7) is 0. The average Bonchev–Trinajstić information content (AvgIpc) is 3.47. The average molecular weight is 511 g/mol. The van der Waals surface area contributed by atoms with Crippen LogP contribution in [0.2, 0.25) is 0 Å². The Hall–Kier alpha value is -4.48. The zero-order valence-electron chi connectivity index (χ0n) is 18.6. The van der Waals surface area contributed by atoms with Gasteiger partial charge in [0.1, 0.15) is 9.88 Å². The molecule has 6 aromatic rings. The number of hydrogen-bond donors (Lipinski definition) is 3. The molecule has 0 saturated heterocycles. The van der Waals surface area contributed by atoms with E-state index in [1.807, 2.05) is 84.9 Å². The molecular weight excluding hydrogens is 492 g/mol. The van der Waals surface area contributed by atoms with Crippen molar-refractivity contribution in [3.8, 4) is 0 Å². The van der Waals surface area contributed by atoms with E-state index in [0.29, 0.717) is 37.0 Å². The van der Waals surface area contributed by atoms with Crippen molar-refractivity contribution in [1.82, 2.24) is 25.0 Å². The van der Waals surface area contributed by atoms with E-state index in [0.717, 1.165) is 16.6 Å². The summed E-state index contributed by atoms with van der Waals surface area (Å²) in [4.78, 5) is 14.2. The van der Waals surface area contributed by atoms with Crippen molar-refractivity contribution in [2.45, 2.75) is 10.1 Å². The fraction of sp³-hybridized carbons (Fsp3) is 0. The number of rotatable bonds is 6. The molecule has 0 aliphatic heterocycles.